The first-order valence-electron chi connectivity index (χ1n) is 5.46. The molecule has 18 heavy (non-hydrogen) atoms. The number of hydrogen-bond donors (Lipinski definition) is 2. The van der Waals surface area contributed by atoms with Gasteiger partial charge in [0, 0.05) is 13.2 Å². The lowest BCUT2D eigenvalue weighted by Gasteiger charge is -2.06. The minimum absolute atomic E-state index is 0.0301. The number of carbonyl (C=O) groups excluding carboxylic acids is 1. The molecule has 0 saturated heterocycles. The normalized spacial score (nSPS) is 10.1. The average Bonchev–Trinajstić information content (AvgIpc) is 2.33. The minimum atomic E-state index is -0.660. The van der Waals surface area contributed by atoms with Crippen molar-refractivity contribution in [2.45, 2.75) is 6.92 Å². The summed E-state index contributed by atoms with van der Waals surface area (Å²) in [5.74, 6) is -0.534. The number of nitrogens with zero attached hydrogens (tertiary/aromatic N) is 1. The van der Waals surface area contributed by atoms with Gasteiger partial charge in [-0.25, -0.2) is 0 Å². The van der Waals surface area contributed by atoms with E-state index in [9.17, 15) is 14.9 Å². The zero-order valence-electron chi connectivity index (χ0n) is 10.0. The fourth-order valence-electron chi connectivity index (χ4n) is 1.42. The highest BCUT2D eigenvalue weighted by Gasteiger charge is 2.22. The van der Waals surface area contributed by atoms with Crippen LogP contribution < -0.4 is 11.1 Å². The lowest BCUT2D eigenvalue weighted by atomic mass is 10.1. The van der Waals surface area contributed by atoms with Gasteiger partial charge in [0.05, 0.1) is 11.5 Å². The summed E-state index contributed by atoms with van der Waals surface area (Å²) in [6, 6.07) is 4.25. The molecule has 3 N–H and O–H groups in total. The molecule has 0 aliphatic carbocycles. The SMILES string of the molecule is CCOCCNC(=O)c1cccc(N)c1[N+](=O)[O-]. The number of nitro benzene ring substituents is 1. The van der Waals surface area contributed by atoms with Crippen LogP contribution in [0.15, 0.2) is 18.2 Å². The Kier molecular flexibility index (Phi) is 5.06. The molecule has 1 aromatic carbocycles. The number of ether oxygens (including phenoxy) is 1. The van der Waals surface area contributed by atoms with E-state index in [1.54, 1.807) is 0 Å². The zero-order chi connectivity index (χ0) is 13.5. The Balaban J connectivity index is 2.79. The molecule has 0 unspecified atom stereocenters. The molecule has 0 aliphatic heterocycles. The summed E-state index contributed by atoms with van der Waals surface area (Å²) in [7, 11) is 0. The first-order chi connectivity index (χ1) is 8.57. The molecule has 0 spiro atoms. The van der Waals surface area contributed by atoms with Gasteiger partial charge in [-0.3, -0.25) is 14.9 Å². The monoisotopic (exact) mass is 253 g/mol. The lowest BCUT2D eigenvalue weighted by Crippen LogP contribution is -2.28. The van der Waals surface area contributed by atoms with Crippen molar-refractivity contribution in [3.63, 3.8) is 0 Å². The van der Waals surface area contributed by atoms with Gasteiger partial charge in [0.25, 0.3) is 5.91 Å². The third-order valence-electron chi connectivity index (χ3n) is 2.23. The standard InChI is InChI=1S/C11H15N3O4/c1-2-18-7-6-13-11(15)8-4-3-5-9(12)10(8)14(16)17/h3-5H,2,6-7,12H2,1H3,(H,13,15). The van der Waals surface area contributed by atoms with Gasteiger partial charge in [0.15, 0.2) is 0 Å². The Morgan fingerprint density at radius 1 is 1.56 bits per heavy atom. The highest BCUT2D eigenvalue weighted by Crippen LogP contribution is 2.25. The molecule has 7 heteroatoms. The number of anilines is 1. The molecule has 0 bridgehead atoms. The Bertz CT molecular complexity index is 448. The van der Waals surface area contributed by atoms with Gasteiger partial charge < -0.3 is 15.8 Å². The molecular weight excluding hydrogens is 238 g/mol. The van der Waals surface area contributed by atoms with Crippen LogP contribution in [0.4, 0.5) is 11.4 Å². The molecule has 0 saturated carbocycles. The third-order valence-corrected chi connectivity index (χ3v) is 2.23. The summed E-state index contributed by atoms with van der Waals surface area (Å²) in [5.41, 5.74) is 5.05. The molecule has 0 aromatic heterocycles. The van der Waals surface area contributed by atoms with Crippen LogP contribution in [0.25, 0.3) is 0 Å². The van der Waals surface area contributed by atoms with Gasteiger partial charge in [0.2, 0.25) is 0 Å². The van der Waals surface area contributed by atoms with Crippen molar-refractivity contribution in [2.24, 2.45) is 0 Å². The topological polar surface area (TPSA) is 107 Å². The molecule has 1 amide bonds. The highest BCUT2D eigenvalue weighted by atomic mass is 16.6. The Morgan fingerprint density at radius 2 is 2.28 bits per heavy atom. The van der Waals surface area contributed by atoms with Gasteiger partial charge in [-0.15, -0.1) is 0 Å². The van der Waals surface area contributed by atoms with Gasteiger partial charge in [-0.2, -0.15) is 0 Å². The molecule has 98 valence electrons. The van der Waals surface area contributed by atoms with Crippen molar-refractivity contribution in [1.29, 1.82) is 0 Å². The molecule has 0 radical (unpaired) electrons. The summed E-state index contributed by atoms with van der Waals surface area (Å²) in [4.78, 5) is 21.9. The number of rotatable bonds is 6. The van der Waals surface area contributed by atoms with Crippen LogP contribution in [-0.4, -0.2) is 30.6 Å². The maximum atomic E-state index is 11.8. The molecule has 0 fully saturated rings. The van der Waals surface area contributed by atoms with Gasteiger partial charge >= 0.3 is 5.69 Å². The van der Waals surface area contributed by atoms with E-state index >= 15 is 0 Å². The van der Waals surface area contributed by atoms with E-state index in [4.69, 9.17) is 10.5 Å². The number of nitro groups is 1. The van der Waals surface area contributed by atoms with Crippen LogP contribution in [0.5, 0.6) is 0 Å². The summed E-state index contributed by atoms with van der Waals surface area (Å²) in [6.45, 7) is 3.04. The van der Waals surface area contributed by atoms with E-state index in [2.05, 4.69) is 5.32 Å². The molecule has 0 atom stereocenters. The fraction of sp³-hybridized carbons (Fsp3) is 0.364. The van der Waals surface area contributed by atoms with E-state index in [1.807, 2.05) is 6.92 Å². The predicted molar refractivity (Wildman–Crippen MR) is 66.3 cm³/mol. The molecule has 0 aliphatic rings. The number of benzene rings is 1. The Labute approximate surface area is 104 Å². The maximum absolute atomic E-state index is 11.8. The van der Waals surface area contributed by atoms with E-state index < -0.39 is 10.8 Å². The number of hydrogen-bond acceptors (Lipinski definition) is 5. The van der Waals surface area contributed by atoms with Crippen LogP contribution in [0.3, 0.4) is 0 Å². The van der Waals surface area contributed by atoms with Gasteiger partial charge in [-0.1, -0.05) is 6.07 Å². The molecule has 7 nitrogen and oxygen atoms in total. The highest BCUT2D eigenvalue weighted by molar-refractivity contribution is 6.00. The van der Waals surface area contributed by atoms with Gasteiger partial charge in [0.1, 0.15) is 11.3 Å². The van der Waals surface area contributed by atoms with Crippen molar-refractivity contribution < 1.29 is 14.5 Å². The van der Waals surface area contributed by atoms with Crippen LogP contribution in [0, 0.1) is 10.1 Å². The largest absolute Gasteiger partial charge is 0.393 e. The number of nitrogens with one attached hydrogen (secondary N) is 1. The third kappa shape index (κ3) is 3.42. The van der Waals surface area contributed by atoms with Crippen molar-refractivity contribution in [2.75, 3.05) is 25.5 Å². The summed E-state index contributed by atoms with van der Waals surface area (Å²) in [5, 5.41) is 13.4. The summed E-state index contributed by atoms with van der Waals surface area (Å²) in [6.07, 6.45) is 0. The van der Waals surface area contributed by atoms with Crippen LogP contribution in [0.1, 0.15) is 17.3 Å². The van der Waals surface area contributed by atoms with Crippen molar-refractivity contribution in [1.82, 2.24) is 5.32 Å². The fourth-order valence-corrected chi connectivity index (χ4v) is 1.42. The minimum Gasteiger partial charge on any atom is -0.393 e. The molecular formula is C11H15N3O4. The smallest absolute Gasteiger partial charge is 0.304 e. The maximum Gasteiger partial charge on any atom is 0.304 e. The van der Waals surface area contributed by atoms with E-state index in [0.717, 1.165) is 0 Å². The van der Waals surface area contributed by atoms with E-state index in [-0.39, 0.29) is 16.9 Å². The van der Waals surface area contributed by atoms with Crippen LogP contribution in [-0.2, 0) is 4.74 Å². The quantitative estimate of drug-likeness (QED) is 0.339. The number of nitrogens with two attached hydrogens (primary N) is 1. The zero-order valence-corrected chi connectivity index (χ0v) is 10.0. The van der Waals surface area contributed by atoms with Crippen LogP contribution >= 0.6 is 0 Å². The van der Waals surface area contributed by atoms with Gasteiger partial charge in [-0.05, 0) is 19.1 Å². The molecule has 1 aromatic rings. The van der Waals surface area contributed by atoms with Crippen LogP contribution in [0.2, 0.25) is 0 Å². The molecule has 1 rings (SSSR count). The summed E-state index contributed by atoms with van der Waals surface area (Å²) >= 11 is 0. The van der Waals surface area contributed by atoms with Crippen molar-refractivity contribution >= 4 is 17.3 Å². The summed E-state index contributed by atoms with van der Waals surface area (Å²) < 4.78 is 5.05. The van der Waals surface area contributed by atoms with Crippen molar-refractivity contribution in [3.05, 3.63) is 33.9 Å². The second-order valence-electron chi connectivity index (χ2n) is 3.45. The van der Waals surface area contributed by atoms with Crippen molar-refractivity contribution in [3.8, 4) is 0 Å². The second-order valence-corrected chi connectivity index (χ2v) is 3.45. The first kappa shape index (κ1) is 13.9. The Morgan fingerprint density at radius 3 is 2.89 bits per heavy atom. The predicted octanol–water partition coefficient (Wildman–Crippen LogP) is 0.943. The second kappa shape index (κ2) is 6.55. The number of nitrogen functional groups attached to an aromatic ring is 1. The number of para-hydroxylation sites is 1. The average molecular weight is 253 g/mol. The lowest BCUT2D eigenvalue weighted by molar-refractivity contribution is -0.384. The first-order valence-corrected chi connectivity index (χ1v) is 5.46. The van der Waals surface area contributed by atoms with E-state index in [1.165, 1.54) is 18.2 Å². The molecule has 0 heterocycles. The number of carbonyl (C=O) groups is 1. The number of amides is 1. The Hall–Kier alpha value is -2.15. The van der Waals surface area contributed by atoms with E-state index in [0.29, 0.717) is 19.8 Å².